The van der Waals surface area contributed by atoms with Crippen LogP contribution in [0.1, 0.15) is 33.6 Å². The molecule has 2 aromatic rings. The molecule has 0 spiro atoms. The molecule has 0 saturated heterocycles. The van der Waals surface area contributed by atoms with Crippen LogP contribution in [0.3, 0.4) is 0 Å². The first kappa shape index (κ1) is 16.9. The molecule has 0 saturated carbocycles. The zero-order chi connectivity index (χ0) is 18.1. The summed E-state index contributed by atoms with van der Waals surface area (Å²) >= 11 is 0. The van der Waals surface area contributed by atoms with Gasteiger partial charge in [0.05, 0.1) is 29.0 Å². The van der Waals surface area contributed by atoms with Crippen LogP contribution in [-0.2, 0) is 6.42 Å². The highest BCUT2D eigenvalue weighted by Gasteiger charge is 2.29. The minimum absolute atomic E-state index is 0.192. The molecule has 7 heteroatoms. The van der Waals surface area contributed by atoms with Crippen LogP contribution >= 0.6 is 0 Å². The smallest absolute Gasteiger partial charge is 0.288 e. The van der Waals surface area contributed by atoms with Gasteiger partial charge in [-0.1, -0.05) is 6.07 Å². The van der Waals surface area contributed by atoms with Crippen molar-refractivity contribution in [3.63, 3.8) is 0 Å². The number of rotatable bonds is 3. The number of anilines is 1. The van der Waals surface area contributed by atoms with Crippen molar-refractivity contribution in [2.45, 2.75) is 26.7 Å². The van der Waals surface area contributed by atoms with Crippen molar-refractivity contribution in [2.24, 2.45) is 0 Å². The minimum atomic E-state index is -0.544. The van der Waals surface area contributed by atoms with Crippen molar-refractivity contribution in [3.8, 4) is 5.75 Å². The van der Waals surface area contributed by atoms with E-state index in [1.54, 1.807) is 18.9 Å². The van der Waals surface area contributed by atoms with Gasteiger partial charge in [-0.2, -0.15) is 0 Å². The Hall–Kier alpha value is -2.96. The largest absolute Gasteiger partial charge is 0.495 e. The topological polar surface area (TPSA) is 85.6 Å². The zero-order valence-electron chi connectivity index (χ0n) is 14.4. The second-order valence-corrected chi connectivity index (χ2v) is 6.06. The molecule has 0 N–H and O–H groups in total. The number of fused-ring (bicyclic) bond motifs is 1. The molecule has 2 heterocycles. The molecule has 0 atom stereocenters. The van der Waals surface area contributed by atoms with Gasteiger partial charge >= 0.3 is 0 Å². The molecule has 7 nitrogen and oxygen atoms in total. The highest BCUT2D eigenvalue weighted by molar-refractivity contribution is 6.08. The lowest BCUT2D eigenvalue weighted by atomic mass is 9.95. The Labute approximate surface area is 145 Å². The molecule has 1 aliphatic heterocycles. The number of pyridine rings is 1. The van der Waals surface area contributed by atoms with E-state index >= 15 is 0 Å². The summed E-state index contributed by atoms with van der Waals surface area (Å²) < 4.78 is 5.46. The number of hydrogen-bond donors (Lipinski definition) is 0. The van der Waals surface area contributed by atoms with Crippen molar-refractivity contribution < 1.29 is 14.5 Å². The van der Waals surface area contributed by atoms with Gasteiger partial charge in [-0.15, -0.1) is 0 Å². The molecular formula is C18H19N3O4. The van der Waals surface area contributed by atoms with Crippen molar-refractivity contribution in [1.29, 1.82) is 0 Å². The quantitative estimate of drug-likeness (QED) is 0.632. The SMILES string of the molecule is COc1ccc(C)c2c1N(C(=O)c1cc([N+](=O)[O-])cnc1C)CCC2. The molecular weight excluding hydrogens is 322 g/mol. The maximum absolute atomic E-state index is 13.1. The van der Waals surface area contributed by atoms with Crippen molar-refractivity contribution in [3.05, 3.63) is 56.9 Å². The lowest BCUT2D eigenvalue weighted by Gasteiger charge is -2.32. The number of benzene rings is 1. The van der Waals surface area contributed by atoms with Crippen LogP contribution in [0, 0.1) is 24.0 Å². The lowest BCUT2D eigenvalue weighted by molar-refractivity contribution is -0.385. The predicted octanol–water partition coefficient (Wildman–Crippen LogP) is 3.21. The fourth-order valence-electron chi connectivity index (χ4n) is 3.20. The highest BCUT2D eigenvalue weighted by Crippen LogP contribution is 2.39. The van der Waals surface area contributed by atoms with E-state index in [1.165, 1.54) is 12.3 Å². The molecule has 1 aliphatic rings. The van der Waals surface area contributed by atoms with Crippen LogP contribution in [0.25, 0.3) is 0 Å². The van der Waals surface area contributed by atoms with Gasteiger partial charge in [0.2, 0.25) is 0 Å². The van der Waals surface area contributed by atoms with Gasteiger partial charge in [0, 0.05) is 12.6 Å². The molecule has 1 amide bonds. The molecule has 130 valence electrons. The first-order valence-electron chi connectivity index (χ1n) is 8.03. The zero-order valence-corrected chi connectivity index (χ0v) is 14.4. The number of nitrogens with zero attached hydrogens (tertiary/aromatic N) is 3. The fraction of sp³-hybridized carbons (Fsp3) is 0.333. The molecule has 25 heavy (non-hydrogen) atoms. The second kappa shape index (κ2) is 6.51. The van der Waals surface area contributed by atoms with E-state index in [4.69, 9.17) is 4.74 Å². The molecule has 0 fully saturated rings. The van der Waals surface area contributed by atoms with Gasteiger partial charge in [0.25, 0.3) is 11.6 Å². The Morgan fingerprint density at radius 3 is 2.80 bits per heavy atom. The number of nitro groups is 1. The van der Waals surface area contributed by atoms with Crippen molar-refractivity contribution in [2.75, 3.05) is 18.6 Å². The Bertz CT molecular complexity index is 864. The normalized spacial score (nSPS) is 13.3. The average molecular weight is 341 g/mol. The summed E-state index contributed by atoms with van der Waals surface area (Å²) in [7, 11) is 1.57. The summed E-state index contributed by atoms with van der Waals surface area (Å²) in [5.74, 6) is 0.336. The Balaban J connectivity index is 2.11. The van der Waals surface area contributed by atoms with E-state index in [9.17, 15) is 14.9 Å². The van der Waals surface area contributed by atoms with E-state index in [-0.39, 0.29) is 17.2 Å². The summed E-state index contributed by atoms with van der Waals surface area (Å²) in [5.41, 5.74) is 3.45. The van der Waals surface area contributed by atoms with Gasteiger partial charge in [-0.25, -0.2) is 0 Å². The number of methoxy groups -OCH3 is 1. The molecule has 0 aliphatic carbocycles. The Morgan fingerprint density at radius 1 is 1.36 bits per heavy atom. The summed E-state index contributed by atoms with van der Waals surface area (Å²) in [5, 5.41) is 11.0. The van der Waals surface area contributed by atoms with E-state index in [0.717, 1.165) is 29.7 Å². The van der Waals surface area contributed by atoms with E-state index in [2.05, 4.69) is 4.98 Å². The molecule has 1 aromatic carbocycles. The number of carbonyl (C=O) groups is 1. The number of amides is 1. The summed E-state index contributed by atoms with van der Waals surface area (Å²) in [6, 6.07) is 5.12. The number of aromatic nitrogens is 1. The van der Waals surface area contributed by atoms with Crippen LogP contribution in [0.2, 0.25) is 0 Å². The first-order valence-corrected chi connectivity index (χ1v) is 8.03. The Morgan fingerprint density at radius 2 is 2.12 bits per heavy atom. The maximum atomic E-state index is 13.1. The molecule has 3 rings (SSSR count). The Kier molecular flexibility index (Phi) is 4.39. The van der Waals surface area contributed by atoms with Crippen LogP contribution in [0.15, 0.2) is 24.4 Å². The van der Waals surface area contributed by atoms with Crippen LogP contribution < -0.4 is 9.64 Å². The summed E-state index contributed by atoms with van der Waals surface area (Å²) in [6.07, 6.45) is 2.86. The predicted molar refractivity (Wildman–Crippen MR) is 93.4 cm³/mol. The van der Waals surface area contributed by atoms with Crippen molar-refractivity contribution in [1.82, 2.24) is 4.98 Å². The van der Waals surface area contributed by atoms with Crippen LogP contribution in [0.5, 0.6) is 5.75 Å². The van der Waals surface area contributed by atoms with E-state index < -0.39 is 4.92 Å². The highest BCUT2D eigenvalue weighted by atomic mass is 16.6. The third-order valence-electron chi connectivity index (χ3n) is 4.54. The molecule has 0 bridgehead atoms. The summed E-state index contributed by atoms with van der Waals surface area (Å²) in [6.45, 7) is 4.22. The van der Waals surface area contributed by atoms with Crippen LogP contribution in [0.4, 0.5) is 11.4 Å². The van der Waals surface area contributed by atoms with E-state index in [1.807, 2.05) is 19.1 Å². The van der Waals surface area contributed by atoms with Gasteiger partial charge < -0.3 is 9.64 Å². The number of carbonyl (C=O) groups excluding carboxylic acids is 1. The molecule has 0 unspecified atom stereocenters. The average Bonchev–Trinajstić information content (AvgIpc) is 2.61. The number of ether oxygens (including phenoxy) is 1. The van der Waals surface area contributed by atoms with Gasteiger partial charge in [-0.05, 0) is 43.9 Å². The standard InChI is InChI=1S/C18H19N3O4/c1-11-6-7-16(25-3)17-14(11)5-4-8-20(17)18(22)15-9-13(21(23)24)10-19-12(15)2/h6-7,9-10H,4-5,8H2,1-3H3. The van der Waals surface area contributed by atoms with Crippen molar-refractivity contribution >= 4 is 17.3 Å². The van der Waals surface area contributed by atoms with E-state index in [0.29, 0.717) is 18.0 Å². The lowest BCUT2D eigenvalue weighted by Crippen LogP contribution is -2.36. The maximum Gasteiger partial charge on any atom is 0.288 e. The summed E-state index contributed by atoms with van der Waals surface area (Å²) in [4.78, 5) is 29.3. The van der Waals surface area contributed by atoms with Crippen LogP contribution in [-0.4, -0.2) is 29.5 Å². The van der Waals surface area contributed by atoms with Gasteiger partial charge in [0.15, 0.2) is 0 Å². The second-order valence-electron chi connectivity index (χ2n) is 6.06. The third kappa shape index (κ3) is 2.93. The monoisotopic (exact) mass is 341 g/mol. The third-order valence-corrected chi connectivity index (χ3v) is 4.54. The number of aryl methyl sites for hydroxylation is 2. The molecule has 0 radical (unpaired) electrons. The number of hydrogen-bond acceptors (Lipinski definition) is 5. The molecule has 1 aromatic heterocycles. The first-order chi connectivity index (χ1) is 11.9. The minimum Gasteiger partial charge on any atom is -0.495 e. The fourth-order valence-corrected chi connectivity index (χ4v) is 3.20. The van der Waals surface area contributed by atoms with Gasteiger partial charge in [-0.3, -0.25) is 19.9 Å². The van der Waals surface area contributed by atoms with Gasteiger partial charge in [0.1, 0.15) is 11.9 Å².